The summed E-state index contributed by atoms with van der Waals surface area (Å²) in [6.45, 7) is 1.82. The molecule has 0 bridgehead atoms. The van der Waals surface area contributed by atoms with Crippen molar-refractivity contribution in [1.82, 2.24) is 5.32 Å². The van der Waals surface area contributed by atoms with Crippen molar-refractivity contribution in [3.63, 3.8) is 0 Å². The highest BCUT2D eigenvalue weighted by Crippen LogP contribution is 2.30. The number of piperidine rings is 1. The van der Waals surface area contributed by atoms with E-state index in [-0.39, 0.29) is 11.8 Å². The van der Waals surface area contributed by atoms with Gasteiger partial charge in [0, 0.05) is 12.5 Å². The number of ether oxygens (including phenoxy) is 1. The van der Waals surface area contributed by atoms with Gasteiger partial charge in [0.1, 0.15) is 5.75 Å². The fourth-order valence-corrected chi connectivity index (χ4v) is 2.24. The molecule has 2 unspecified atom stereocenters. The van der Waals surface area contributed by atoms with Crippen LogP contribution in [0.5, 0.6) is 5.75 Å². The lowest BCUT2D eigenvalue weighted by atomic mass is 9.82. The first-order chi connectivity index (χ1) is 7.85. The van der Waals surface area contributed by atoms with Crippen LogP contribution in [0.2, 0.25) is 0 Å². The van der Waals surface area contributed by atoms with Crippen molar-refractivity contribution < 1.29 is 4.74 Å². The van der Waals surface area contributed by atoms with Crippen LogP contribution in [0.4, 0.5) is 0 Å². The number of hydrogen-bond acceptors (Lipinski definition) is 3. The van der Waals surface area contributed by atoms with Crippen LogP contribution in [-0.4, -0.2) is 20.2 Å². The van der Waals surface area contributed by atoms with E-state index in [0.29, 0.717) is 0 Å². The lowest BCUT2D eigenvalue weighted by Gasteiger charge is -2.28. The van der Waals surface area contributed by atoms with E-state index in [4.69, 9.17) is 10.00 Å². The molecule has 1 heterocycles. The number of nitrogens with zero attached hydrogens (tertiary/aromatic N) is 1. The Kier molecular flexibility index (Phi) is 3.43. The van der Waals surface area contributed by atoms with Crippen LogP contribution >= 0.6 is 0 Å². The third-order valence-electron chi connectivity index (χ3n) is 3.17. The quantitative estimate of drug-likeness (QED) is 0.821. The van der Waals surface area contributed by atoms with Crippen LogP contribution in [-0.2, 0) is 0 Å². The van der Waals surface area contributed by atoms with Crippen molar-refractivity contribution in [1.29, 1.82) is 5.26 Å². The van der Waals surface area contributed by atoms with E-state index in [0.717, 1.165) is 25.3 Å². The molecule has 0 saturated carbocycles. The second-order valence-corrected chi connectivity index (χ2v) is 4.11. The molecule has 84 valence electrons. The van der Waals surface area contributed by atoms with Gasteiger partial charge in [-0.15, -0.1) is 0 Å². The zero-order valence-electron chi connectivity index (χ0n) is 9.44. The first kappa shape index (κ1) is 11.0. The molecular weight excluding hydrogens is 200 g/mol. The monoisotopic (exact) mass is 216 g/mol. The Morgan fingerprint density at radius 1 is 1.50 bits per heavy atom. The van der Waals surface area contributed by atoms with Gasteiger partial charge in [-0.1, -0.05) is 12.1 Å². The molecule has 0 radical (unpaired) electrons. The highest BCUT2D eigenvalue weighted by molar-refractivity contribution is 5.32. The minimum atomic E-state index is 0.119. The Balaban J connectivity index is 2.24. The predicted octanol–water partition coefficient (Wildman–Crippen LogP) is 1.91. The largest absolute Gasteiger partial charge is 0.497 e. The summed E-state index contributed by atoms with van der Waals surface area (Å²) in [6.07, 6.45) is 0.929. The first-order valence-corrected chi connectivity index (χ1v) is 5.59. The maximum atomic E-state index is 9.14. The number of methoxy groups -OCH3 is 1. The SMILES string of the molecule is COc1cccc(C2CNCCC2C#N)c1. The van der Waals surface area contributed by atoms with E-state index in [1.54, 1.807) is 7.11 Å². The molecule has 0 aliphatic carbocycles. The van der Waals surface area contributed by atoms with Crippen LogP contribution in [0.3, 0.4) is 0 Å². The first-order valence-electron chi connectivity index (χ1n) is 5.59. The summed E-state index contributed by atoms with van der Waals surface area (Å²) < 4.78 is 5.21. The molecule has 1 aromatic rings. The second kappa shape index (κ2) is 5.00. The van der Waals surface area contributed by atoms with Gasteiger partial charge < -0.3 is 10.1 Å². The summed E-state index contributed by atoms with van der Waals surface area (Å²) in [5, 5.41) is 12.5. The van der Waals surface area contributed by atoms with Crippen molar-refractivity contribution in [2.24, 2.45) is 5.92 Å². The zero-order valence-corrected chi connectivity index (χ0v) is 9.44. The Labute approximate surface area is 96.0 Å². The number of rotatable bonds is 2. The third-order valence-corrected chi connectivity index (χ3v) is 3.17. The standard InChI is InChI=1S/C13H16N2O/c1-16-12-4-2-3-10(7-12)13-9-15-6-5-11(13)8-14/h2-4,7,11,13,15H,5-6,9H2,1H3. The second-order valence-electron chi connectivity index (χ2n) is 4.11. The summed E-state index contributed by atoms with van der Waals surface area (Å²) in [5.41, 5.74) is 1.19. The molecule has 1 N–H and O–H groups in total. The van der Waals surface area contributed by atoms with Gasteiger partial charge in [-0.2, -0.15) is 5.26 Å². The van der Waals surface area contributed by atoms with Gasteiger partial charge in [-0.05, 0) is 30.7 Å². The van der Waals surface area contributed by atoms with E-state index < -0.39 is 0 Å². The summed E-state index contributed by atoms with van der Waals surface area (Å²) in [5.74, 6) is 1.27. The molecule has 0 amide bonds. The van der Waals surface area contributed by atoms with Crippen LogP contribution in [0.1, 0.15) is 17.9 Å². The number of nitrogens with one attached hydrogen (secondary N) is 1. The molecule has 3 heteroatoms. The molecule has 1 fully saturated rings. The van der Waals surface area contributed by atoms with E-state index in [1.165, 1.54) is 5.56 Å². The minimum absolute atomic E-state index is 0.119. The van der Waals surface area contributed by atoms with Crippen molar-refractivity contribution in [2.75, 3.05) is 20.2 Å². The van der Waals surface area contributed by atoms with Gasteiger partial charge in [0.05, 0.1) is 19.1 Å². The molecule has 2 rings (SSSR count). The van der Waals surface area contributed by atoms with E-state index in [2.05, 4.69) is 17.5 Å². The van der Waals surface area contributed by atoms with Gasteiger partial charge in [0.2, 0.25) is 0 Å². The normalized spacial score (nSPS) is 24.8. The highest BCUT2D eigenvalue weighted by atomic mass is 16.5. The third kappa shape index (κ3) is 2.17. The zero-order chi connectivity index (χ0) is 11.4. The summed E-state index contributed by atoms with van der Waals surface area (Å²) in [6, 6.07) is 10.4. The molecule has 0 spiro atoms. The molecule has 0 aromatic heterocycles. The van der Waals surface area contributed by atoms with Crippen LogP contribution in [0.25, 0.3) is 0 Å². The van der Waals surface area contributed by atoms with E-state index in [1.807, 2.05) is 18.2 Å². The van der Waals surface area contributed by atoms with Gasteiger partial charge >= 0.3 is 0 Å². The molecule has 1 aliphatic heterocycles. The Morgan fingerprint density at radius 3 is 3.12 bits per heavy atom. The maximum Gasteiger partial charge on any atom is 0.119 e. The molecule has 1 saturated heterocycles. The van der Waals surface area contributed by atoms with Crippen LogP contribution in [0, 0.1) is 17.2 Å². The Morgan fingerprint density at radius 2 is 2.38 bits per heavy atom. The Hall–Kier alpha value is -1.53. The molecule has 16 heavy (non-hydrogen) atoms. The summed E-state index contributed by atoms with van der Waals surface area (Å²) in [7, 11) is 1.67. The van der Waals surface area contributed by atoms with Crippen molar-refractivity contribution in [3.05, 3.63) is 29.8 Å². The van der Waals surface area contributed by atoms with Crippen LogP contribution in [0.15, 0.2) is 24.3 Å². The molecule has 2 atom stereocenters. The van der Waals surface area contributed by atoms with Crippen molar-refractivity contribution >= 4 is 0 Å². The lowest BCUT2D eigenvalue weighted by molar-refractivity contribution is 0.383. The smallest absolute Gasteiger partial charge is 0.119 e. The average molecular weight is 216 g/mol. The maximum absolute atomic E-state index is 9.14. The number of benzene rings is 1. The predicted molar refractivity (Wildman–Crippen MR) is 62.3 cm³/mol. The van der Waals surface area contributed by atoms with Gasteiger partial charge in [0.15, 0.2) is 0 Å². The lowest BCUT2D eigenvalue weighted by Crippen LogP contribution is -2.34. The molecule has 1 aliphatic rings. The molecular formula is C13H16N2O. The molecule has 3 nitrogen and oxygen atoms in total. The van der Waals surface area contributed by atoms with Gasteiger partial charge in [0.25, 0.3) is 0 Å². The van der Waals surface area contributed by atoms with Crippen molar-refractivity contribution in [2.45, 2.75) is 12.3 Å². The highest BCUT2D eigenvalue weighted by Gasteiger charge is 2.26. The van der Waals surface area contributed by atoms with Crippen LogP contribution < -0.4 is 10.1 Å². The summed E-state index contributed by atoms with van der Waals surface area (Å²) in [4.78, 5) is 0. The minimum Gasteiger partial charge on any atom is -0.497 e. The topological polar surface area (TPSA) is 45.0 Å². The average Bonchev–Trinajstić information content (AvgIpc) is 2.38. The fraction of sp³-hybridized carbons (Fsp3) is 0.462. The number of nitriles is 1. The van der Waals surface area contributed by atoms with Crippen molar-refractivity contribution in [3.8, 4) is 11.8 Å². The Bertz CT molecular complexity index is 397. The molecule has 1 aromatic carbocycles. The van der Waals surface area contributed by atoms with E-state index >= 15 is 0 Å². The van der Waals surface area contributed by atoms with Gasteiger partial charge in [-0.25, -0.2) is 0 Å². The summed E-state index contributed by atoms with van der Waals surface area (Å²) >= 11 is 0. The number of hydrogen-bond donors (Lipinski definition) is 1. The van der Waals surface area contributed by atoms with Gasteiger partial charge in [-0.3, -0.25) is 0 Å². The van der Waals surface area contributed by atoms with E-state index in [9.17, 15) is 0 Å². The fourth-order valence-electron chi connectivity index (χ4n) is 2.24.